The van der Waals surface area contributed by atoms with Crippen molar-refractivity contribution in [2.24, 2.45) is 0 Å². The zero-order chi connectivity index (χ0) is 20.7. The molecule has 0 aliphatic rings. The fourth-order valence-electron chi connectivity index (χ4n) is 2.23. The molecule has 2 aromatic rings. The molecule has 6 nitrogen and oxygen atoms in total. The predicted octanol–water partition coefficient (Wildman–Crippen LogP) is 2.79. The van der Waals surface area contributed by atoms with Crippen molar-refractivity contribution in [3.05, 3.63) is 65.2 Å². The molecule has 28 heavy (non-hydrogen) atoms. The van der Waals surface area contributed by atoms with Crippen LogP contribution in [0.5, 0.6) is 5.75 Å². The van der Waals surface area contributed by atoms with Crippen molar-refractivity contribution >= 4 is 17.8 Å². The van der Waals surface area contributed by atoms with E-state index in [0.29, 0.717) is 0 Å². The predicted molar refractivity (Wildman–Crippen MR) is 93.9 cm³/mol. The smallest absolute Gasteiger partial charge is 0.416 e. The second-order valence-electron chi connectivity index (χ2n) is 5.71. The van der Waals surface area contributed by atoms with Gasteiger partial charge in [-0.1, -0.05) is 6.07 Å². The molecule has 0 aliphatic heterocycles. The standard InChI is InChI=1S/C19H17F3N2O4/c1-12(25)28-16-4-2-3-14(11-16)18(27)24-10-9-23-17(26)13-5-7-15(8-6-13)19(20,21)22/h2-8,11H,9-10H2,1H3,(H,23,26)(H,24,27). The Morgan fingerprint density at radius 3 is 2.00 bits per heavy atom. The Balaban J connectivity index is 1.81. The number of nitrogens with one attached hydrogen (secondary N) is 2. The molecule has 0 heterocycles. The van der Waals surface area contributed by atoms with Gasteiger partial charge in [0.15, 0.2) is 0 Å². The molecular formula is C19H17F3N2O4. The zero-order valence-electron chi connectivity index (χ0n) is 14.8. The van der Waals surface area contributed by atoms with Gasteiger partial charge < -0.3 is 15.4 Å². The van der Waals surface area contributed by atoms with Crippen LogP contribution in [0.1, 0.15) is 33.2 Å². The van der Waals surface area contributed by atoms with Gasteiger partial charge in [-0.05, 0) is 42.5 Å². The summed E-state index contributed by atoms with van der Waals surface area (Å²) in [4.78, 5) is 34.9. The van der Waals surface area contributed by atoms with E-state index in [1.165, 1.54) is 25.1 Å². The number of carbonyl (C=O) groups is 3. The average molecular weight is 394 g/mol. The fourth-order valence-corrected chi connectivity index (χ4v) is 2.23. The second kappa shape index (κ2) is 9.03. The largest absolute Gasteiger partial charge is 0.427 e. The first-order chi connectivity index (χ1) is 13.2. The molecule has 0 radical (unpaired) electrons. The molecule has 2 rings (SSSR count). The number of rotatable bonds is 6. The van der Waals surface area contributed by atoms with E-state index in [0.717, 1.165) is 24.3 Å². The SMILES string of the molecule is CC(=O)Oc1cccc(C(=O)NCCNC(=O)c2ccc(C(F)(F)F)cc2)c1. The van der Waals surface area contributed by atoms with Crippen LogP contribution in [0.15, 0.2) is 48.5 Å². The molecule has 0 fully saturated rings. The van der Waals surface area contributed by atoms with Crippen LogP contribution in [-0.2, 0) is 11.0 Å². The van der Waals surface area contributed by atoms with E-state index in [1.807, 2.05) is 0 Å². The molecule has 0 unspecified atom stereocenters. The third-order valence-electron chi connectivity index (χ3n) is 3.53. The fraction of sp³-hybridized carbons (Fsp3) is 0.211. The summed E-state index contributed by atoms with van der Waals surface area (Å²) >= 11 is 0. The van der Waals surface area contributed by atoms with Gasteiger partial charge in [0, 0.05) is 31.1 Å². The Morgan fingerprint density at radius 2 is 1.46 bits per heavy atom. The maximum atomic E-state index is 12.5. The molecule has 0 spiro atoms. The lowest BCUT2D eigenvalue weighted by atomic mass is 10.1. The van der Waals surface area contributed by atoms with Crippen molar-refractivity contribution in [1.82, 2.24) is 10.6 Å². The monoisotopic (exact) mass is 394 g/mol. The summed E-state index contributed by atoms with van der Waals surface area (Å²) in [5, 5.41) is 5.07. The van der Waals surface area contributed by atoms with E-state index in [1.54, 1.807) is 6.07 Å². The molecule has 0 saturated carbocycles. The minimum atomic E-state index is -4.47. The first-order valence-electron chi connectivity index (χ1n) is 8.19. The van der Waals surface area contributed by atoms with Crippen molar-refractivity contribution in [2.75, 3.05) is 13.1 Å². The minimum absolute atomic E-state index is 0.0772. The Labute approximate surface area is 158 Å². The van der Waals surface area contributed by atoms with Gasteiger partial charge in [0.2, 0.25) is 0 Å². The van der Waals surface area contributed by atoms with Crippen LogP contribution < -0.4 is 15.4 Å². The quantitative estimate of drug-likeness (QED) is 0.448. The molecule has 9 heteroatoms. The van der Waals surface area contributed by atoms with Crippen molar-refractivity contribution in [2.45, 2.75) is 13.1 Å². The normalized spacial score (nSPS) is 10.9. The van der Waals surface area contributed by atoms with Crippen LogP contribution in [-0.4, -0.2) is 30.9 Å². The molecular weight excluding hydrogens is 377 g/mol. The van der Waals surface area contributed by atoms with E-state index in [2.05, 4.69) is 10.6 Å². The van der Waals surface area contributed by atoms with Gasteiger partial charge >= 0.3 is 12.1 Å². The van der Waals surface area contributed by atoms with E-state index in [-0.39, 0.29) is 30.0 Å². The Kier molecular flexibility index (Phi) is 6.75. The molecule has 148 valence electrons. The first kappa shape index (κ1) is 20.9. The Hall–Kier alpha value is -3.36. The van der Waals surface area contributed by atoms with Crippen LogP contribution in [0.4, 0.5) is 13.2 Å². The molecule has 0 aliphatic carbocycles. The third-order valence-corrected chi connectivity index (χ3v) is 3.53. The summed E-state index contributed by atoms with van der Waals surface area (Å²) in [6.45, 7) is 1.42. The van der Waals surface area contributed by atoms with Gasteiger partial charge in [0.25, 0.3) is 11.8 Å². The Morgan fingerprint density at radius 1 is 0.893 bits per heavy atom. The number of benzene rings is 2. The summed E-state index contributed by atoms with van der Waals surface area (Å²) in [6.07, 6.45) is -4.47. The summed E-state index contributed by atoms with van der Waals surface area (Å²) in [6, 6.07) is 9.83. The van der Waals surface area contributed by atoms with Crippen molar-refractivity contribution in [3.63, 3.8) is 0 Å². The number of alkyl halides is 3. The molecule has 0 aromatic heterocycles. The van der Waals surface area contributed by atoms with Crippen LogP contribution in [0.2, 0.25) is 0 Å². The van der Waals surface area contributed by atoms with Gasteiger partial charge in [-0.3, -0.25) is 14.4 Å². The van der Waals surface area contributed by atoms with E-state index in [9.17, 15) is 27.6 Å². The lowest BCUT2D eigenvalue weighted by Crippen LogP contribution is -2.34. The number of hydrogen-bond donors (Lipinski definition) is 2. The number of ether oxygens (including phenoxy) is 1. The highest BCUT2D eigenvalue weighted by atomic mass is 19.4. The van der Waals surface area contributed by atoms with E-state index < -0.39 is 29.5 Å². The lowest BCUT2D eigenvalue weighted by Gasteiger charge is -2.09. The van der Waals surface area contributed by atoms with Gasteiger partial charge in [-0.25, -0.2) is 0 Å². The second-order valence-corrected chi connectivity index (χ2v) is 5.71. The number of amides is 2. The highest BCUT2D eigenvalue weighted by Crippen LogP contribution is 2.29. The average Bonchev–Trinajstić information content (AvgIpc) is 2.64. The molecule has 2 N–H and O–H groups in total. The zero-order valence-corrected chi connectivity index (χ0v) is 14.8. The van der Waals surface area contributed by atoms with Gasteiger partial charge in [0.1, 0.15) is 5.75 Å². The van der Waals surface area contributed by atoms with Crippen LogP contribution in [0, 0.1) is 0 Å². The number of hydrogen-bond acceptors (Lipinski definition) is 4. The highest BCUT2D eigenvalue weighted by molar-refractivity contribution is 5.95. The van der Waals surface area contributed by atoms with Crippen LogP contribution in [0.3, 0.4) is 0 Å². The first-order valence-corrected chi connectivity index (χ1v) is 8.19. The van der Waals surface area contributed by atoms with Crippen LogP contribution in [0.25, 0.3) is 0 Å². The van der Waals surface area contributed by atoms with Crippen molar-refractivity contribution < 1.29 is 32.3 Å². The summed E-state index contributed by atoms with van der Waals surface area (Å²) in [5.41, 5.74) is -0.492. The third kappa shape index (κ3) is 6.11. The van der Waals surface area contributed by atoms with Gasteiger partial charge in [-0.15, -0.1) is 0 Å². The maximum Gasteiger partial charge on any atom is 0.416 e. The van der Waals surface area contributed by atoms with Crippen molar-refractivity contribution in [1.29, 1.82) is 0 Å². The summed E-state index contributed by atoms with van der Waals surface area (Å²) in [5.74, 6) is -1.27. The lowest BCUT2D eigenvalue weighted by molar-refractivity contribution is -0.137. The summed E-state index contributed by atoms with van der Waals surface area (Å²) < 4.78 is 42.4. The van der Waals surface area contributed by atoms with E-state index in [4.69, 9.17) is 4.74 Å². The molecule has 2 aromatic carbocycles. The molecule has 2 amide bonds. The summed E-state index contributed by atoms with van der Waals surface area (Å²) in [7, 11) is 0. The maximum absolute atomic E-state index is 12.5. The molecule has 0 bridgehead atoms. The van der Waals surface area contributed by atoms with E-state index >= 15 is 0 Å². The van der Waals surface area contributed by atoms with Crippen LogP contribution >= 0.6 is 0 Å². The Bertz CT molecular complexity index is 864. The van der Waals surface area contributed by atoms with Crippen molar-refractivity contribution in [3.8, 4) is 5.75 Å². The molecule has 0 saturated heterocycles. The number of carbonyl (C=O) groups excluding carboxylic acids is 3. The highest BCUT2D eigenvalue weighted by Gasteiger charge is 2.30. The topological polar surface area (TPSA) is 84.5 Å². The van der Waals surface area contributed by atoms with Gasteiger partial charge in [0.05, 0.1) is 5.56 Å². The number of esters is 1. The number of halogens is 3. The van der Waals surface area contributed by atoms with Gasteiger partial charge in [-0.2, -0.15) is 13.2 Å². The minimum Gasteiger partial charge on any atom is -0.427 e. The molecule has 0 atom stereocenters.